The monoisotopic (exact) mass is 150 g/mol. The molecule has 0 fully saturated rings. The molecule has 1 aliphatic heterocycles. The highest BCUT2D eigenvalue weighted by atomic mass is 15.1. The largest absolute Gasteiger partial charge is 0.383 e. The lowest BCUT2D eigenvalue weighted by Crippen LogP contribution is -2.08. The van der Waals surface area contributed by atoms with Crippen LogP contribution in [0.25, 0.3) is 0 Å². The quantitative estimate of drug-likeness (QED) is 0.565. The fraction of sp³-hybridized carbons (Fsp3) is 0.429. The van der Waals surface area contributed by atoms with E-state index in [-0.39, 0.29) is 0 Å². The first-order chi connectivity index (χ1) is 5.27. The lowest BCUT2D eigenvalue weighted by Gasteiger charge is -2.02. The van der Waals surface area contributed by atoms with Crippen LogP contribution in [0.15, 0.2) is 6.33 Å². The van der Waals surface area contributed by atoms with Crippen LogP contribution in [0.1, 0.15) is 11.3 Å². The Morgan fingerprint density at radius 1 is 1.45 bits per heavy atom. The van der Waals surface area contributed by atoms with Crippen LogP contribution >= 0.6 is 0 Å². The summed E-state index contributed by atoms with van der Waals surface area (Å²) in [6.07, 6.45) is 1.52. The number of nitrogens with zero attached hydrogens (tertiary/aromatic N) is 3. The van der Waals surface area contributed by atoms with Gasteiger partial charge in [-0.25, -0.2) is 9.97 Å². The molecule has 0 radical (unpaired) electrons. The van der Waals surface area contributed by atoms with E-state index in [1.807, 2.05) is 7.05 Å². The van der Waals surface area contributed by atoms with Crippen molar-refractivity contribution in [2.75, 3.05) is 12.8 Å². The van der Waals surface area contributed by atoms with Gasteiger partial charge in [-0.3, -0.25) is 4.90 Å². The average Bonchev–Trinajstić information content (AvgIpc) is 2.31. The highest BCUT2D eigenvalue weighted by Crippen LogP contribution is 2.21. The number of hydrogen-bond donors (Lipinski definition) is 1. The van der Waals surface area contributed by atoms with Crippen molar-refractivity contribution in [3.05, 3.63) is 17.6 Å². The molecule has 0 saturated carbocycles. The molecule has 0 saturated heterocycles. The van der Waals surface area contributed by atoms with Gasteiger partial charge in [0.2, 0.25) is 0 Å². The maximum absolute atomic E-state index is 5.66. The van der Waals surface area contributed by atoms with Gasteiger partial charge in [-0.05, 0) is 7.05 Å². The normalized spacial score (nSPS) is 16.8. The van der Waals surface area contributed by atoms with Crippen LogP contribution in [0.5, 0.6) is 0 Å². The topological polar surface area (TPSA) is 55.0 Å². The average molecular weight is 150 g/mol. The Kier molecular flexibility index (Phi) is 1.29. The number of anilines is 1. The van der Waals surface area contributed by atoms with Crippen LogP contribution in [-0.4, -0.2) is 21.9 Å². The van der Waals surface area contributed by atoms with Crippen LogP contribution in [0.2, 0.25) is 0 Å². The van der Waals surface area contributed by atoms with E-state index in [4.69, 9.17) is 5.73 Å². The number of nitrogens with two attached hydrogens (primary N) is 1. The molecule has 0 aliphatic carbocycles. The Balaban J connectivity index is 2.49. The van der Waals surface area contributed by atoms with Gasteiger partial charge in [-0.15, -0.1) is 0 Å². The van der Waals surface area contributed by atoms with Gasteiger partial charge in [0, 0.05) is 18.7 Å². The molecule has 4 heteroatoms. The first-order valence-corrected chi connectivity index (χ1v) is 3.54. The maximum atomic E-state index is 5.66. The molecule has 1 aliphatic rings. The SMILES string of the molecule is CN1Cc2ncnc(N)c2C1. The zero-order valence-electron chi connectivity index (χ0n) is 6.41. The molecule has 11 heavy (non-hydrogen) atoms. The molecule has 1 aromatic heterocycles. The first-order valence-electron chi connectivity index (χ1n) is 3.54. The maximum Gasteiger partial charge on any atom is 0.131 e. The summed E-state index contributed by atoms with van der Waals surface area (Å²) in [5.41, 5.74) is 7.82. The zero-order chi connectivity index (χ0) is 7.84. The third-order valence-electron chi connectivity index (χ3n) is 1.92. The van der Waals surface area contributed by atoms with E-state index in [0.717, 1.165) is 24.3 Å². The molecular weight excluding hydrogens is 140 g/mol. The fourth-order valence-corrected chi connectivity index (χ4v) is 1.35. The predicted octanol–water partition coefficient (Wildman–Crippen LogP) is 0.00420. The van der Waals surface area contributed by atoms with Crippen molar-refractivity contribution in [2.24, 2.45) is 0 Å². The van der Waals surface area contributed by atoms with E-state index in [9.17, 15) is 0 Å². The summed E-state index contributed by atoms with van der Waals surface area (Å²) >= 11 is 0. The summed E-state index contributed by atoms with van der Waals surface area (Å²) in [5.74, 6) is 0.624. The molecule has 2 N–H and O–H groups in total. The van der Waals surface area contributed by atoms with Gasteiger partial charge >= 0.3 is 0 Å². The molecule has 58 valence electrons. The minimum Gasteiger partial charge on any atom is -0.383 e. The lowest BCUT2D eigenvalue weighted by atomic mass is 10.2. The van der Waals surface area contributed by atoms with Gasteiger partial charge in [0.25, 0.3) is 0 Å². The van der Waals surface area contributed by atoms with E-state index in [1.54, 1.807) is 0 Å². The molecular formula is C7H10N4. The van der Waals surface area contributed by atoms with Crippen LogP contribution in [0.4, 0.5) is 5.82 Å². The van der Waals surface area contributed by atoms with Crippen molar-refractivity contribution in [1.82, 2.24) is 14.9 Å². The highest BCUT2D eigenvalue weighted by Gasteiger charge is 2.19. The number of aromatic nitrogens is 2. The molecule has 0 aromatic carbocycles. The molecule has 2 rings (SSSR count). The molecule has 0 atom stereocenters. The third-order valence-corrected chi connectivity index (χ3v) is 1.92. The van der Waals surface area contributed by atoms with E-state index < -0.39 is 0 Å². The Hall–Kier alpha value is -1.16. The van der Waals surface area contributed by atoms with Crippen molar-refractivity contribution in [1.29, 1.82) is 0 Å². The number of fused-ring (bicyclic) bond motifs is 1. The first kappa shape index (κ1) is 6.54. The molecule has 0 amide bonds. The van der Waals surface area contributed by atoms with Crippen LogP contribution in [0.3, 0.4) is 0 Å². The van der Waals surface area contributed by atoms with Gasteiger partial charge < -0.3 is 5.73 Å². The zero-order valence-corrected chi connectivity index (χ0v) is 6.41. The minimum atomic E-state index is 0.624. The predicted molar refractivity (Wildman–Crippen MR) is 41.6 cm³/mol. The van der Waals surface area contributed by atoms with Gasteiger partial charge in [-0.2, -0.15) is 0 Å². The molecule has 0 bridgehead atoms. The number of rotatable bonds is 0. The second-order valence-corrected chi connectivity index (χ2v) is 2.86. The molecule has 1 aromatic rings. The van der Waals surface area contributed by atoms with Crippen LogP contribution in [0, 0.1) is 0 Å². The fourth-order valence-electron chi connectivity index (χ4n) is 1.35. The molecule has 0 unspecified atom stereocenters. The van der Waals surface area contributed by atoms with Crippen LogP contribution < -0.4 is 5.73 Å². The summed E-state index contributed by atoms with van der Waals surface area (Å²) in [7, 11) is 2.04. The Labute approximate surface area is 65.1 Å². The Morgan fingerprint density at radius 3 is 3.00 bits per heavy atom. The van der Waals surface area contributed by atoms with Crippen molar-refractivity contribution >= 4 is 5.82 Å². The van der Waals surface area contributed by atoms with Crippen molar-refractivity contribution < 1.29 is 0 Å². The summed E-state index contributed by atoms with van der Waals surface area (Å²) in [5, 5.41) is 0. The summed E-state index contributed by atoms with van der Waals surface area (Å²) in [6.45, 7) is 1.77. The number of hydrogen-bond acceptors (Lipinski definition) is 4. The minimum absolute atomic E-state index is 0.624. The van der Waals surface area contributed by atoms with Gasteiger partial charge in [0.15, 0.2) is 0 Å². The van der Waals surface area contributed by atoms with E-state index in [2.05, 4.69) is 14.9 Å². The molecule has 2 heterocycles. The molecule has 0 spiro atoms. The molecule has 4 nitrogen and oxygen atoms in total. The summed E-state index contributed by atoms with van der Waals surface area (Å²) in [4.78, 5) is 10.2. The summed E-state index contributed by atoms with van der Waals surface area (Å²) < 4.78 is 0. The van der Waals surface area contributed by atoms with E-state index in [1.165, 1.54) is 6.33 Å². The van der Waals surface area contributed by atoms with E-state index >= 15 is 0 Å². The van der Waals surface area contributed by atoms with E-state index in [0.29, 0.717) is 5.82 Å². The smallest absolute Gasteiger partial charge is 0.131 e. The van der Waals surface area contributed by atoms with Crippen molar-refractivity contribution in [2.45, 2.75) is 13.1 Å². The second kappa shape index (κ2) is 2.17. The lowest BCUT2D eigenvalue weighted by molar-refractivity contribution is 0.351. The van der Waals surface area contributed by atoms with Crippen LogP contribution in [-0.2, 0) is 13.1 Å². The number of nitrogen functional groups attached to an aromatic ring is 1. The van der Waals surface area contributed by atoms with Crippen molar-refractivity contribution in [3.8, 4) is 0 Å². The van der Waals surface area contributed by atoms with Crippen molar-refractivity contribution in [3.63, 3.8) is 0 Å². The van der Waals surface area contributed by atoms with Gasteiger partial charge in [0.05, 0.1) is 5.69 Å². The third kappa shape index (κ3) is 0.952. The Morgan fingerprint density at radius 2 is 2.27 bits per heavy atom. The van der Waals surface area contributed by atoms with Gasteiger partial charge in [-0.1, -0.05) is 0 Å². The Bertz CT molecular complexity index is 284. The second-order valence-electron chi connectivity index (χ2n) is 2.86. The van der Waals surface area contributed by atoms with Gasteiger partial charge in [0.1, 0.15) is 12.1 Å². The standard InChI is InChI=1S/C7H10N4/c1-11-2-5-6(3-11)9-4-10-7(5)8/h4H,2-3H2,1H3,(H2,8,9,10). The summed E-state index contributed by atoms with van der Waals surface area (Å²) in [6, 6.07) is 0. The highest BCUT2D eigenvalue weighted by molar-refractivity contribution is 5.42.